The molecule has 0 aliphatic heterocycles. The van der Waals surface area contributed by atoms with E-state index in [0.717, 1.165) is 25.7 Å². The van der Waals surface area contributed by atoms with Gasteiger partial charge in [-0.15, -0.1) is 0 Å². The molecule has 1 aliphatic rings. The average Bonchev–Trinajstić information content (AvgIpc) is 2.94. The summed E-state index contributed by atoms with van der Waals surface area (Å²) in [4.78, 5) is 24.4. The molecule has 7 heteroatoms. The molecule has 2 amide bonds. The van der Waals surface area contributed by atoms with Crippen molar-refractivity contribution in [3.05, 3.63) is 29.0 Å². The van der Waals surface area contributed by atoms with E-state index in [-0.39, 0.29) is 16.8 Å². The molecule has 1 aromatic rings. The van der Waals surface area contributed by atoms with Gasteiger partial charge in [-0.2, -0.15) is 0 Å². The summed E-state index contributed by atoms with van der Waals surface area (Å²) >= 11 is 5.65. The van der Waals surface area contributed by atoms with Crippen LogP contribution in [0.4, 0.5) is 14.9 Å². The highest BCUT2D eigenvalue weighted by Crippen LogP contribution is 2.26. The van der Waals surface area contributed by atoms with E-state index in [4.69, 9.17) is 16.7 Å². The number of aliphatic carboxylic acids is 1. The van der Waals surface area contributed by atoms with E-state index in [9.17, 15) is 14.0 Å². The number of halogens is 2. The maximum absolute atomic E-state index is 13.8. The van der Waals surface area contributed by atoms with Gasteiger partial charge in [0.25, 0.3) is 0 Å². The molecule has 21 heavy (non-hydrogen) atoms. The molecule has 114 valence electrons. The van der Waals surface area contributed by atoms with E-state index in [1.807, 2.05) is 0 Å². The summed E-state index contributed by atoms with van der Waals surface area (Å²) in [5.41, 5.74) is -0.0547. The van der Waals surface area contributed by atoms with Gasteiger partial charge in [0.15, 0.2) is 5.82 Å². The van der Waals surface area contributed by atoms with Gasteiger partial charge in [0.2, 0.25) is 0 Å². The van der Waals surface area contributed by atoms with Crippen molar-refractivity contribution in [2.24, 2.45) is 0 Å². The van der Waals surface area contributed by atoms with Crippen molar-refractivity contribution in [2.75, 3.05) is 11.9 Å². The minimum absolute atomic E-state index is 0.0547. The number of anilines is 1. The summed E-state index contributed by atoms with van der Waals surface area (Å²) in [7, 11) is 0. The van der Waals surface area contributed by atoms with Crippen LogP contribution in [0, 0.1) is 5.82 Å². The van der Waals surface area contributed by atoms with Gasteiger partial charge in [-0.05, 0) is 25.0 Å². The van der Waals surface area contributed by atoms with Crippen LogP contribution in [0.2, 0.25) is 5.02 Å². The molecule has 1 saturated carbocycles. The van der Waals surface area contributed by atoms with Crippen LogP contribution in [0.15, 0.2) is 18.2 Å². The Morgan fingerprint density at radius 3 is 2.67 bits per heavy atom. The lowest BCUT2D eigenvalue weighted by atomic mass is 10.2. The highest BCUT2D eigenvalue weighted by atomic mass is 35.5. The van der Waals surface area contributed by atoms with Crippen molar-refractivity contribution in [2.45, 2.75) is 31.7 Å². The van der Waals surface area contributed by atoms with Crippen molar-refractivity contribution in [1.82, 2.24) is 4.90 Å². The molecule has 1 fully saturated rings. The van der Waals surface area contributed by atoms with Crippen LogP contribution >= 0.6 is 11.6 Å². The summed E-state index contributed by atoms with van der Waals surface area (Å²) in [5.74, 6) is -1.82. The Morgan fingerprint density at radius 2 is 2.05 bits per heavy atom. The van der Waals surface area contributed by atoms with Crippen molar-refractivity contribution in [1.29, 1.82) is 0 Å². The Hall–Kier alpha value is -1.82. The Balaban J connectivity index is 2.14. The third-order valence-electron chi connectivity index (χ3n) is 3.53. The molecule has 0 spiro atoms. The average molecular weight is 315 g/mol. The zero-order valence-electron chi connectivity index (χ0n) is 11.3. The number of benzene rings is 1. The minimum atomic E-state index is -1.09. The van der Waals surface area contributed by atoms with Crippen LogP contribution in [0.1, 0.15) is 25.7 Å². The number of nitrogens with zero attached hydrogens (tertiary/aromatic N) is 1. The summed E-state index contributed by atoms with van der Waals surface area (Å²) in [6.07, 6.45) is 3.44. The lowest BCUT2D eigenvalue weighted by Crippen LogP contribution is -2.44. The molecule has 0 bridgehead atoms. The molecule has 2 N–H and O–H groups in total. The second-order valence-electron chi connectivity index (χ2n) is 4.99. The first-order valence-corrected chi connectivity index (χ1v) is 7.10. The topological polar surface area (TPSA) is 69.6 Å². The Kier molecular flexibility index (Phi) is 5.01. The van der Waals surface area contributed by atoms with Crippen LogP contribution in [0.25, 0.3) is 0 Å². The zero-order chi connectivity index (χ0) is 15.4. The van der Waals surface area contributed by atoms with Crippen molar-refractivity contribution < 1.29 is 19.1 Å². The number of amides is 2. The maximum Gasteiger partial charge on any atom is 0.323 e. The monoisotopic (exact) mass is 314 g/mol. The van der Waals surface area contributed by atoms with Crippen LogP contribution in [0.5, 0.6) is 0 Å². The number of carbonyl (C=O) groups excluding carboxylic acids is 1. The fourth-order valence-corrected chi connectivity index (χ4v) is 2.69. The number of hydrogen-bond donors (Lipinski definition) is 2. The zero-order valence-corrected chi connectivity index (χ0v) is 12.1. The van der Waals surface area contributed by atoms with Gasteiger partial charge in [-0.1, -0.05) is 30.5 Å². The summed E-state index contributed by atoms with van der Waals surface area (Å²) < 4.78 is 13.8. The van der Waals surface area contributed by atoms with Crippen LogP contribution in [0.3, 0.4) is 0 Å². The molecule has 1 aromatic carbocycles. The normalized spacial score (nSPS) is 15.0. The highest BCUT2D eigenvalue weighted by molar-refractivity contribution is 6.31. The third kappa shape index (κ3) is 3.85. The molecule has 5 nitrogen and oxygen atoms in total. The Bertz CT molecular complexity index is 547. The summed E-state index contributed by atoms with van der Waals surface area (Å²) in [6.45, 7) is -0.404. The molecule has 0 radical (unpaired) electrons. The number of rotatable bonds is 4. The minimum Gasteiger partial charge on any atom is -0.480 e. The van der Waals surface area contributed by atoms with E-state index in [1.165, 1.54) is 23.1 Å². The molecule has 0 unspecified atom stereocenters. The molecule has 0 aromatic heterocycles. The molecular weight excluding hydrogens is 299 g/mol. The molecule has 2 rings (SSSR count). The van der Waals surface area contributed by atoms with Gasteiger partial charge in [-0.25, -0.2) is 9.18 Å². The number of urea groups is 1. The quantitative estimate of drug-likeness (QED) is 0.895. The molecule has 1 aliphatic carbocycles. The van der Waals surface area contributed by atoms with Crippen LogP contribution in [-0.4, -0.2) is 34.6 Å². The second-order valence-corrected chi connectivity index (χ2v) is 5.40. The van der Waals surface area contributed by atoms with Crippen LogP contribution in [-0.2, 0) is 4.79 Å². The van der Waals surface area contributed by atoms with E-state index in [1.54, 1.807) is 0 Å². The maximum atomic E-state index is 13.8. The largest absolute Gasteiger partial charge is 0.480 e. The summed E-state index contributed by atoms with van der Waals surface area (Å²) in [5, 5.41) is 11.2. The number of carboxylic acids is 1. The first-order valence-electron chi connectivity index (χ1n) is 6.72. The van der Waals surface area contributed by atoms with E-state index in [0.29, 0.717) is 0 Å². The Labute approximate surface area is 126 Å². The predicted molar refractivity (Wildman–Crippen MR) is 77.0 cm³/mol. The first kappa shape index (κ1) is 15.6. The Morgan fingerprint density at radius 1 is 1.38 bits per heavy atom. The predicted octanol–water partition coefficient (Wildman–Crippen LogP) is 3.34. The lowest BCUT2D eigenvalue weighted by Gasteiger charge is -2.27. The molecular formula is C14H16ClFN2O3. The van der Waals surface area contributed by atoms with Gasteiger partial charge in [0.1, 0.15) is 6.54 Å². The first-order chi connectivity index (χ1) is 9.99. The van der Waals surface area contributed by atoms with Gasteiger partial charge in [0.05, 0.1) is 10.7 Å². The fraction of sp³-hybridized carbons (Fsp3) is 0.429. The van der Waals surface area contributed by atoms with Crippen LogP contribution < -0.4 is 5.32 Å². The van der Waals surface area contributed by atoms with E-state index < -0.39 is 24.4 Å². The van der Waals surface area contributed by atoms with E-state index >= 15 is 0 Å². The highest BCUT2D eigenvalue weighted by Gasteiger charge is 2.28. The van der Waals surface area contributed by atoms with Gasteiger partial charge in [-0.3, -0.25) is 4.79 Å². The molecule has 0 heterocycles. The number of carbonyl (C=O) groups is 2. The standard InChI is InChI=1S/C14H16ClFN2O3/c15-10-6-3-7-11(13(10)16)17-14(21)18(8-12(19)20)9-4-1-2-5-9/h3,6-7,9H,1-2,4-5,8H2,(H,17,21)(H,19,20). The van der Waals surface area contributed by atoms with Crippen molar-refractivity contribution in [3.63, 3.8) is 0 Å². The van der Waals surface area contributed by atoms with Crippen molar-refractivity contribution >= 4 is 29.3 Å². The summed E-state index contributed by atoms with van der Waals surface area (Å²) in [6, 6.07) is 3.53. The second kappa shape index (κ2) is 6.76. The third-order valence-corrected chi connectivity index (χ3v) is 3.82. The number of hydrogen-bond acceptors (Lipinski definition) is 2. The van der Waals surface area contributed by atoms with E-state index in [2.05, 4.69) is 5.32 Å². The lowest BCUT2D eigenvalue weighted by molar-refractivity contribution is -0.138. The fourth-order valence-electron chi connectivity index (χ4n) is 2.52. The van der Waals surface area contributed by atoms with Gasteiger partial charge in [0, 0.05) is 6.04 Å². The SMILES string of the molecule is O=C(O)CN(C(=O)Nc1cccc(Cl)c1F)C1CCCC1. The van der Waals surface area contributed by atoms with Crippen molar-refractivity contribution in [3.8, 4) is 0 Å². The number of carboxylic acid groups (broad SMARTS) is 1. The molecule has 0 atom stereocenters. The van der Waals surface area contributed by atoms with Gasteiger partial charge < -0.3 is 15.3 Å². The molecule has 0 saturated heterocycles. The van der Waals surface area contributed by atoms with Gasteiger partial charge >= 0.3 is 12.0 Å². The smallest absolute Gasteiger partial charge is 0.323 e. The number of nitrogens with one attached hydrogen (secondary N) is 1.